The van der Waals surface area contributed by atoms with Gasteiger partial charge in [0, 0.05) is 22.3 Å². The van der Waals surface area contributed by atoms with Crippen molar-refractivity contribution in [2.75, 3.05) is 0 Å². The molecule has 0 spiro atoms. The van der Waals surface area contributed by atoms with Gasteiger partial charge < -0.3 is 9.84 Å². The van der Waals surface area contributed by atoms with Gasteiger partial charge in [0.25, 0.3) is 0 Å². The Hall–Kier alpha value is -6.00. The molecule has 4 nitrogen and oxygen atoms in total. The van der Waals surface area contributed by atoms with E-state index in [2.05, 4.69) is 0 Å². The summed E-state index contributed by atoms with van der Waals surface area (Å²) in [5.41, 5.74) is 7.54. The van der Waals surface area contributed by atoms with Crippen molar-refractivity contribution in [3.63, 3.8) is 0 Å². The van der Waals surface area contributed by atoms with Crippen LogP contribution in [0.4, 0.5) is 0 Å². The summed E-state index contributed by atoms with van der Waals surface area (Å²) in [7, 11) is 0. The first-order valence-electron chi connectivity index (χ1n) is 15.2. The molecule has 0 unspecified atom stereocenters. The van der Waals surface area contributed by atoms with Crippen molar-refractivity contribution in [2.45, 2.75) is 13.8 Å². The number of hydrogen-bond donors (Lipinski definition) is 0. The predicted molar refractivity (Wildman–Crippen MR) is 181 cm³/mol. The maximum Gasteiger partial charge on any atom is 0.361 e. The lowest BCUT2D eigenvalue weighted by atomic mass is 9.85. The van der Waals surface area contributed by atoms with Crippen molar-refractivity contribution < 1.29 is 19.1 Å². The molecule has 5 aromatic rings. The number of rotatable bonds is 6. The third-order valence-corrected chi connectivity index (χ3v) is 8.17. The molecule has 4 aromatic carbocycles. The van der Waals surface area contributed by atoms with Crippen molar-refractivity contribution in [1.82, 2.24) is 0 Å². The fraction of sp³-hybridized carbons (Fsp3) is 0.0476. The van der Waals surface area contributed by atoms with Crippen LogP contribution in [-0.2, 0) is 9.53 Å². The summed E-state index contributed by atoms with van der Waals surface area (Å²) in [6, 6.07) is 39.3. The van der Waals surface area contributed by atoms with Gasteiger partial charge in [-0.15, -0.1) is 0 Å². The van der Waals surface area contributed by atoms with Gasteiger partial charge in [-0.1, -0.05) is 96.8 Å². The highest BCUT2D eigenvalue weighted by molar-refractivity contribution is 6.23. The van der Waals surface area contributed by atoms with Crippen molar-refractivity contribution in [2.24, 2.45) is 0 Å². The second-order valence-electron chi connectivity index (χ2n) is 11.4. The molecule has 0 saturated carbocycles. The second-order valence-corrected chi connectivity index (χ2v) is 11.4. The molecule has 7 rings (SSSR count). The predicted octanol–water partition coefficient (Wildman–Crippen LogP) is 9.13. The number of allylic oxidation sites excluding steroid dienone is 6. The standard InChI is InChI=1S/C42H30O4/c1-27-13-9-11-19-33(27)39-25-29(23-37(45-39)31-15-5-3-6-16-31)21-35-41(43)36(42(35)44)22-30-24-38(32-17-7-4-8-18-32)46-40(26-30)34-20-12-10-14-28(34)2/h3-26H,1-2H3. The summed E-state index contributed by atoms with van der Waals surface area (Å²) in [5, 5.41) is 13.5. The molecule has 0 amide bonds. The Morgan fingerprint density at radius 2 is 1.20 bits per heavy atom. The fourth-order valence-electron chi connectivity index (χ4n) is 5.69. The van der Waals surface area contributed by atoms with Crippen LogP contribution >= 0.6 is 0 Å². The molecule has 2 heterocycles. The zero-order valence-corrected chi connectivity index (χ0v) is 25.5. The van der Waals surface area contributed by atoms with E-state index in [4.69, 9.17) is 9.15 Å². The lowest BCUT2D eigenvalue weighted by Gasteiger charge is -2.29. The smallest absolute Gasteiger partial charge is 0.361 e. The fourth-order valence-corrected chi connectivity index (χ4v) is 5.69. The first-order chi connectivity index (χ1) is 22.4. The Labute approximate surface area is 268 Å². The number of carbonyl (C=O) groups is 1. The van der Waals surface area contributed by atoms with E-state index in [1.54, 1.807) is 12.2 Å². The van der Waals surface area contributed by atoms with Crippen molar-refractivity contribution >= 4 is 23.4 Å². The highest BCUT2D eigenvalue weighted by Gasteiger charge is 2.28. The van der Waals surface area contributed by atoms with Crippen LogP contribution in [-0.4, -0.2) is 5.78 Å². The minimum absolute atomic E-state index is 0.148. The monoisotopic (exact) mass is 598 g/mol. The van der Waals surface area contributed by atoms with Crippen molar-refractivity contribution in [1.29, 1.82) is 0 Å². The number of benzene rings is 4. The van der Waals surface area contributed by atoms with Crippen LogP contribution in [0.15, 0.2) is 166 Å². The van der Waals surface area contributed by atoms with E-state index < -0.39 is 0 Å². The average molecular weight is 599 g/mol. The first kappa shape index (κ1) is 28.8. The van der Waals surface area contributed by atoms with Gasteiger partial charge in [-0.3, -0.25) is 4.79 Å². The van der Waals surface area contributed by atoms with Gasteiger partial charge in [-0.05, 0) is 78.6 Å². The highest BCUT2D eigenvalue weighted by Crippen LogP contribution is 2.37. The minimum Gasteiger partial charge on any atom is -0.871 e. The van der Waals surface area contributed by atoms with E-state index in [1.807, 2.05) is 147 Å². The first-order valence-corrected chi connectivity index (χ1v) is 15.2. The van der Waals surface area contributed by atoms with Crippen LogP contribution < -0.4 is 5.11 Å². The zero-order chi connectivity index (χ0) is 31.6. The second kappa shape index (κ2) is 12.2. The Morgan fingerprint density at radius 1 is 0.630 bits per heavy atom. The molecule has 46 heavy (non-hydrogen) atoms. The third-order valence-electron chi connectivity index (χ3n) is 8.17. The molecule has 0 radical (unpaired) electrons. The number of aryl methyl sites for hydroxylation is 2. The highest BCUT2D eigenvalue weighted by atomic mass is 16.5. The van der Waals surface area contributed by atoms with E-state index in [1.165, 1.54) is 0 Å². The van der Waals surface area contributed by atoms with Crippen molar-refractivity contribution in [3.05, 3.63) is 190 Å². The largest absolute Gasteiger partial charge is 0.871 e. The SMILES string of the molecule is Cc1ccccc1C1=CC(=CC2=C([O-])C(=Cc3cc(-c4ccccc4)[o+]c(-c4ccccc4C)c3)C2=O)C=C(c2ccccc2)O1. The van der Waals surface area contributed by atoms with Crippen LogP contribution in [0.25, 0.3) is 40.2 Å². The van der Waals surface area contributed by atoms with E-state index in [0.717, 1.165) is 33.4 Å². The van der Waals surface area contributed by atoms with E-state index in [9.17, 15) is 9.90 Å². The van der Waals surface area contributed by atoms with Crippen LogP contribution in [0.1, 0.15) is 27.8 Å². The van der Waals surface area contributed by atoms with Crippen LogP contribution in [0.3, 0.4) is 0 Å². The molecule has 4 heteroatoms. The number of hydrogen-bond acceptors (Lipinski definition) is 3. The summed E-state index contributed by atoms with van der Waals surface area (Å²) >= 11 is 0. The van der Waals surface area contributed by atoms with Gasteiger partial charge in [-0.2, -0.15) is 0 Å². The lowest BCUT2D eigenvalue weighted by molar-refractivity contribution is -0.300. The topological polar surface area (TPSA) is 60.7 Å². The molecule has 222 valence electrons. The molecule has 0 fully saturated rings. The molecule has 0 atom stereocenters. The average Bonchev–Trinajstić information content (AvgIpc) is 3.10. The molecule has 0 saturated heterocycles. The number of ketones is 1. The van der Waals surface area contributed by atoms with Crippen LogP contribution in [0.2, 0.25) is 0 Å². The minimum atomic E-state index is -0.288. The van der Waals surface area contributed by atoms with E-state index in [-0.39, 0.29) is 22.7 Å². The van der Waals surface area contributed by atoms with Gasteiger partial charge >= 0.3 is 11.5 Å². The zero-order valence-electron chi connectivity index (χ0n) is 25.5. The molecule has 2 aliphatic rings. The number of carbonyl (C=O) groups excluding carboxylic acids is 1. The van der Waals surface area contributed by atoms with E-state index in [0.29, 0.717) is 34.2 Å². The molecule has 1 aliphatic carbocycles. The molecule has 1 aromatic heterocycles. The van der Waals surface area contributed by atoms with Gasteiger partial charge in [0.1, 0.15) is 11.5 Å². The third kappa shape index (κ3) is 5.64. The molecule has 1 aliphatic heterocycles. The normalized spacial score (nSPS) is 16.2. The van der Waals surface area contributed by atoms with Gasteiger partial charge in [0.2, 0.25) is 0 Å². The Morgan fingerprint density at radius 3 is 1.85 bits per heavy atom. The molecular weight excluding hydrogens is 568 g/mol. The molecular formula is C42H30O4. The number of ether oxygens (including phenoxy) is 1. The Balaban J connectivity index is 1.29. The van der Waals surface area contributed by atoms with E-state index >= 15 is 0 Å². The quantitative estimate of drug-likeness (QED) is 0.144. The summed E-state index contributed by atoms with van der Waals surface area (Å²) in [6.45, 7) is 4.05. The lowest BCUT2D eigenvalue weighted by Crippen LogP contribution is -2.29. The summed E-state index contributed by atoms with van der Waals surface area (Å²) < 4.78 is 12.7. The van der Waals surface area contributed by atoms with Crippen LogP contribution in [0, 0.1) is 13.8 Å². The summed E-state index contributed by atoms with van der Waals surface area (Å²) in [5.74, 6) is 2.03. The van der Waals surface area contributed by atoms with Crippen LogP contribution in [0.5, 0.6) is 0 Å². The number of Topliss-reactive ketones (excluding diaryl/α,β-unsaturated/α-hetero) is 1. The molecule has 0 bridgehead atoms. The summed E-state index contributed by atoms with van der Waals surface area (Å²) in [4.78, 5) is 13.5. The Bertz CT molecular complexity index is 2140. The maximum atomic E-state index is 13.5. The van der Waals surface area contributed by atoms with Gasteiger partial charge in [0.05, 0.1) is 23.3 Å². The maximum absolute atomic E-state index is 13.5. The van der Waals surface area contributed by atoms with Gasteiger partial charge in [-0.25, -0.2) is 4.42 Å². The van der Waals surface area contributed by atoms with Gasteiger partial charge in [0.15, 0.2) is 5.78 Å². The van der Waals surface area contributed by atoms with Crippen molar-refractivity contribution in [3.8, 4) is 22.6 Å². The Kier molecular flexibility index (Phi) is 7.61. The summed E-state index contributed by atoms with van der Waals surface area (Å²) in [6.07, 6.45) is 7.08. The molecule has 0 N–H and O–H groups in total.